The number of fused-ring (bicyclic) bond motifs is 1. The fourth-order valence-electron chi connectivity index (χ4n) is 3.34. The zero-order chi connectivity index (χ0) is 19.3. The number of H-pyrrole nitrogens is 1. The number of hydrogen-bond acceptors (Lipinski definition) is 6. The highest BCUT2D eigenvalue weighted by molar-refractivity contribution is 7.98. The van der Waals surface area contributed by atoms with E-state index in [1.54, 1.807) is 10.6 Å². The molecule has 0 amide bonds. The fourth-order valence-corrected chi connectivity index (χ4v) is 4.37. The van der Waals surface area contributed by atoms with Crippen molar-refractivity contribution in [2.45, 2.75) is 48.4 Å². The molecule has 2 aromatic heterocycles. The minimum atomic E-state index is -0.449. The maximum atomic E-state index is 12.6. The first-order valence-corrected chi connectivity index (χ1v) is 10.3. The van der Waals surface area contributed by atoms with Crippen molar-refractivity contribution >= 4 is 22.8 Å². The molecule has 0 saturated heterocycles. The predicted octanol–water partition coefficient (Wildman–Crippen LogP) is 2.86. The van der Waals surface area contributed by atoms with Crippen LogP contribution in [0, 0.1) is 11.3 Å². The van der Waals surface area contributed by atoms with E-state index in [2.05, 4.69) is 21.0 Å². The number of benzene rings is 1. The molecule has 7 nitrogen and oxygen atoms in total. The van der Waals surface area contributed by atoms with Crippen molar-refractivity contribution in [3.05, 3.63) is 62.1 Å². The van der Waals surface area contributed by atoms with E-state index < -0.39 is 11.2 Å². The molecule has 8 heteroatoms. The van der Waals surface area contributed by atoms with Crippen LogP contribution < -0.4 is 11.2 Å². The minimum absolute atomic E-state index is 0.103. The van der Waals surface area contributed by atoms with E-state index >= 15 is 0 Å². The third kappa shape index (κ3) is 3.02. The smallest absolute Gasteiger partial charge is 0.274 e. The second-order valence-electron chi connectivity index (χ2n) is 7.28. The number of nitriles is 1. The summed E-state index contributed by atoms with van der Waals surface area (Å²) in [6.07, 6.45) is 3.90. The van der Waals surface area contributed by atoms with Gasteiger partial charge in [0, 0.05) is 17.7 Å². The third-order valence-electron chi connectivity index (χ3n) is 5.13. The second kappa shape index (κ2) is 6.60. The van der Waals surface area contributed by atoms with Crippen LogP contribution in [0.4, 0.5) is 0 Å². The molecule has 2 aliphatic carbocycles. The predicted molar refractivity (Wildman–Crippen MR) is 105 cm³/mol. The molecular formula is C20H17N5O2S. The van der Waals surface area contributed by atoms with Crippen molar-refractivity contribution in [3.8, 4) is 6.07 Å². The topological polar surface area (TPSA) is 104 Å². The molecule has 0 bridgehead atoms. The van der Waals surface area contributed by atoms with Crippen LogP contribution >= 0.6 is 11.8 Å². The van der Waals surface area contributed by atoms with Crippen molar-refractivity contribution in [3.63, 3.8) is 0 Å². The van der Waals surface area contributed by atoms with E-state index in [0.29, 0.717) is 39.1 Å². The molecule has 0 aliphatic heterocycles. The summed E-state index contributed by atoms with van der Waals surface area (Å²) in [5.41, 5.74) is 1.10. The number of aromatic amines is 1. The Bertz CT molecular complexity index is 1250. The van der Waals surface area contributed by atoms with Gasteiger partial charge >= 0.3 is 5.69 Å². The minimum Gasteiger partial charge on any atom is -0.274 e. The summed E-state index contributed by atoms with van der Waals surface area (Å²) in [6.45, 7) is 0. The average Bonchev–Trinajstić information content (AvgIpc) is 3.59. The number of thioether (sulfide) groups is 1. The maximum Gasteiger partial charge on any atom is 0.330 e. The summed E-state index contributed by atoms with van der Waals surface area (Å²) in [5, 5.41) is 10.3. The molecule has 5 rings (SSSR count). The SMILES string of the molecule is N#Cc1ccccc1CSc1nc(C2CC2)nc2c1c(=O)[nH]c(=O)n2C1CC1. The molecular weight excluding hydrogens is 374 g/mol. The lowest BCUT2D eigenvalue weighted by atomic mass is 10.1. The second-order valence-corrected chi connectivity index (χ2v) is 8.24. The van der Waals surface area contributed by atoms with Crippen molar-refractivity contribution < 1.29 is 0 Å². The molecule has 3 aromatic rings. The standard InChI is InChI=1S/C20H17N5O2S/c21-9-12-3-1-2-4-13(12)10-28-19-15-17(22-16(23-19)11-5-6-11)25(14-7-8-14)20(27)24-18(15)26/h1-4,11,14H,5-8,10H2,(H,24,26,27). The zero-order valence-electron chi connectivity index (χ0n) is 15.0. The van der Waals surface area contributed by atoms with Gasteiger partial charge in [0.25, 0.3) is 5.56 Å². The lowest BCUT2D eigenvalue weighted by molar-refractivity contribution is 0.691. The van der Waals surface area contributed by atoms with Gasteiger partial charge in [-0.05, 0) is 37.3 Å². The number of rotatable bonds is 5. The molecule has 0 spiro atoms. The van der Waals surface area contributed by atoms with Crippen molar-refractivity contribution in [1.82, 2.24) is 19.5 Å². The molecule has 140 valence electrons. The van der Waals surface area contributed by atoms with Crippen LogP contribution in [-0.2, 0) is 5.75 Å². The summed E-state index contributed by atoms with van der Waals surface area (Å²) in [4.78, 5) is 36.8. The van der Waals surface area contributed by atoms with Gasteiger partial charge in [-0.3, -0.25) is 14.3 Å². The summed E-state index contributed by atoms with van der Waals surface area (Å²) in [6, 6.07) is 9.71. The van der Waals surface area contributed by atoms with Gasteiger partial charge in [-0.2, -0.15) is 5.26 Å². The first-order chi connectivity index (χ1) is 13.7. The first kappa shape index (κ1) is 17.2. The van der Waals surface area contributed by atoms with Gasteiger partial charge in [-0.15, -0.1) is 11.8 Å². The summed E-state index contributed by atoms with van der Waals surface area (Å²) in [7, 11) is 0. The Balaban J connectivity index is 1.65. The third-order valence-corrected chi connectivity index (χ3v) is 6.15. The molecule has 2 fully saturated rings. The normalized spacial score (nSPS) is 16.2. The van der Waals surface area contributed by atoms with Crippen LogP contribution in [0.25, 0.3) is 11.0 Å². The van der Waals surface area contributed by atoms with Gasteiger partial charge in [0.1, 0.15) is 16.2 Å². The van der Waals surface area contributed by atoms with Gasteiger partial charge in [-0.25, -0.2) is 14.8 Å². The Morgan fingerprint density at radius 2 is 1.96 bits per heavy atom. The van der Waals surface area contributed by atoms with Crippen LogP contribution in [-0.4, -0.2) is 19.5 Å². The van der Waals surface area contributed by atoms with Crippen LogP contribution in [0.3, 0.4) is 0 Å². The Hall–Kier alpha value is -2.92. The molecule has 1 aromatic carbocycles. The lowest BCUT2D eigenvalue weighted by Gasteiger charge is -2.12. The summed E-state index contributed by atoms with van der Waals surface area (Å²) < 4.78 is 1.62. The molecule has 2 aliphatic rings. The van der Waals surface area contributed by atoms with E-state index in [9.17, 15) is 14.9 Å². The first-order valence-electron chi connectivity index (χ1n) is 9.33. The van der Waals surface area contributed by atoms with Gasteiger partial charge in [0.2, 0.25) is 0 Å². The molecule has 0 unspecified atom stereocenters. The average molecular weight is 391 g/mol. The van der Waals surface area contributed by atoms with E-state index in [-0.39, 0.29) is 6.04 Å². The Kier molecular flexibility index (Phi) is 4.05. The molecule has 0 atom stereocenters. The fraction of sp³-hybridized carbons (Fsp3) is 0.350. The van der Waals surface area contributed by atoms with Crippen molar-refractivity contribution in [1.29, 1.82) is 5.26 Å². The van der Waals surface area contributed by atoms with Crippen molar-refractivity contribution in [2.75, 3.05) is 0 Å². The largest absolute Gasteiger partial charge is 0.330 e. The number of aromatic nitrogens is 4. The Morgan fingerprint density at radius 3 is 2.68 bits per heavy atom. The highest BCUT2D eigenvalue weighted by Crippen LogP contribution is 2.41. The van der Waals surface area contributed by atoms with Gasteiger partial charge in [0.15, 0.2) is 5.65 Å². The van der Waals surface area contributed by atoms with E-state index in [0.717, 1.165) is 31.2 Å². The quantitative estimate of drug-likeness (QED) is 0.530. The van der Waals surface area contributed by atoms with Gasteiger partial charge in [-0.1, -0.05) is 18.2 Å². The summed E-state index contributed by atoms with van der Waals surface area (Å²) >= 11 is 1.42. The van der Waals surface area contributed by atoms with Gasteiger partial charge in [0.05, 0.1) is 11.6 Å². The molecule has 2 saturated carbocycles. The Labute approximate surface area is 164 Å². The van der Waals surface area contributed by atoms with Crippen molar-refractivity contribution in [2.24, 2.45) is 0 Å². The highest BCUT2D eigenvalue weighted by Gasteiger charge is 2.32. The van der Waals surface area contributed by atoms with Crippen LogP contribution in [0.2, 0.25) is 0 Å². The zero-order valence-corrected chi connectivity index (χ0v) is 15.8. The summed E-state index contributed by atoms with van der Waals surface area (Å²) in [5.74, 6) is 1.53. The van der Waals surface area contributed by atoms with E-state index in [1.807, 2.05) is 18.2 Å². The highest BCUT2D eigenvalue weighted by atomic mass is 32.2. The number of hydrogen-bond donors (Lipinski definition) is 1. The molecule has 1 N–H and O–H groups in total. The monoisotopic (exact) mass is 391 g/mol. The van der Waals surface area contributed by atoms with Crippen LogP contribution in [0.5, 0.6) is 0 Å². The van der Waals surface area contributed by atoms with Crippen LogP contribution in [0.15, 0.2) is 38.9 Å². The number of nitrogens with zero attached hydrogens (tertiary/aromatic N) is 4. The van der Waals surface area contributed by atoms with Crippen LogP contribution in [0.1, 0.15) is 54.6 Å². The maximum absolute atomic E-state index is 12.6. The molecule has 2 heterocycles. The Morgan fingerprint density at radius 1 is 1.18 bits per heavy atom. The van der Waals surface area contributed by atoms with E-state index in [1.165, 1.54) is 11.8 Å². The molecule has 28 heavy (non-hydrogen) atoms. The van der Waals surface area contributed by atoms with Gasteiger partial charge < -0.3 is 0 Å². The lowest BCUT2D eigenvalue weighted by Crippen LogP contribution is -2.31. The number of nitrogens with one attached hydrogen (secondary N) is 1. The van der Waals surface area contributed by atoms with E-state index in [4.69, 9.17) is 0 Å². The molecule has 0 radical (unpaired) electrons.